The van der Waals surface area contributed by atoms with E-state index in [0.717, 1.165) is 30.4 Å². The summed E-state index contributed by atoms with van der Waals surface area (Å²) in [6.45, 7) is 0. The molecule has 0 radical (unpaired) electrons. The predicted molar refractivity (Wildman–Crippen MR) is 102 cm³/mol. The zero-order valence-corrected chi connectivity index (χ0v) is 14.5. The molecule has 2 aromatic carbocycles. The Morgan fingerprint density at radius 1 is 0.640 bits per heavy atom. The molecule has 0 aliphatic heterocycles. The van der Waals surface area contributed by atoms with Gasteiger partial charge in [-0.2, -0.15) is 0 Å². The molecule has 0 bridgehead atoms. The van der Waals surface area contributed by atoms with Crippen molar-refractivity contribution in [3.05, 3.63) is 59.7 Å². The number of hydrogen-bond donors (Lipinski definition) is 2. The van der Waals surface area contributed by atoms with Gasteiger partial charge in [0.2, 0.25) is 0 Å². The number of carbonyl (C=O) groups excluding carboxylic acids is 2. The van der Waals surface area contributed by atoms with Crippen LogP contribution in [-0.4, -0.2) is 11.6 Å². The molecule has 0 unspecified atom stereocenters. The van der Waals surface area contributed by atoms with Crippen LogP contribution < -0.4 is 11.5 Å². The number of Topliss-reactive ketones (excluding diaryl/α,β-unsaturated/α-hetero) is 2. The van der Waals surface area contributed by atoms with E-state index in [1.807, 2.05) is 48.5 Å². The lowest BCUT2D eigenvalue weighted by Crippen LogP contribution is -2.06. The summed E-state index contributed by atoms with van der Waals surface area (Å²) in [6.07, 6.45) is 4.35. The fourth-order valence-corrected chi connectivity index (χ4v) is 2.81. The third-order valence-electron chi connectivity index (χ3n) is 4.30. The maximum Gasteiger partial charge on any atom is 0.137 e. The number of nitrogens with two attached hydrogens (primary N) is 2. The van der Waals surface area contributed by atoms with Crippen LogP contribution in [0.2, 0.25) is 0 Å². The zero-order valence-electron chi connectivity index (χ0n) is 14.5. The van der Waals surface area contributed by atoms with Crippen molar-refractivity contribution in [2.45, 2.75) is 44.9 Å². The van der Waals surface area contributed by atoms with Crippen molar-refractivity contribution >= 4 is 22.9 Å². The molecule has 0 spiro atoms. The highest BCUT2D eigenvalue weighted by molar-refractivity contribution is 5.83. The van der Waals surface area contributed by atoms with E-state index in [-0.39, 0.29) is 11.6 Å². The van der Waals surface area contributed by atoms with Crippen LogP contribution in [0.5, 0.6) is 0 Å². The van der Waals surface area contributed by atoms with E-state index in [1.165, 1.54) is 0 Å². The summed E-state index contributed by atoms with van der Waals surface area (Å²) in [6, 6.07) is 14.9. The second kappa shape index (κ2) is 9.62. The molecule has 0 atom stereocenters. The lowest BCUT2D eigenvalue weighted by atomic mass is 10.0. The Hall–Kier alpha value is -2.62. The van der Waals surface area contributed by atoms with Crippen molar-refractivity contribution in [3.8, 4) is 0 Å². The molecule has 132 valence electrons. The van der Waals surface area contributed by atoms with Crippen molar-refractivity contribution in [1.82, 2.24) is 0 Å². The molecule has 0 aliphatic carbocycles. The van der Waals surface area contributed by atoms with E-state index in [4.69, 9.17) is 11.5 Å². The van der Waals surface area contributed by atoms with E-state index < -0.39 is 0 Å². The van der Waals surface area contributed by atoms with Gasteiger partial charge >= 0.3 is 0 Å². The Morgan fingerprint density at radius 3 is 1.44 bits per heavy atom. The molecule has 0 fully saturated rings. The van der Waals surface area contributed by atoms with Gasteiger partial charge in [0.15, 0.2) is 0 Å². The van der Waals surface area contributed by atoms with E-state index in [2.05, 4.69) is 0 Å². The average Bonchev–Trinajstić information content (AvgIpc) is 2.59. The SMILES string of the molecule is Nc1ccccc1CC(=O)CCCCCC(=O)Cc1ccccc1N. The van der Waals surface area contributed by atoms with E-state index in [1.54, 1.807) is 0 Å². The Kier molecular flexibility index (Phi) is 7.20. The van der Waals surface area contributed by atoms with Crippen LogP contribution in [0.15, 0.2) is 48.5 Å². The number of hydrogen-bond acceptors (Lipinski definition) is 4. The first kappa shape index (κ1) is 18.7. The Bertz CT molecular complexity index is 664. The van der Waals surface area contributed by atoms with E-state index >= 15 is 0 Å². The van der Waals surface area contributed by atoms with Crippen molar-refractivity contribution in [1.29, 1.82) is 0 Å². The second-order valence-corrected chi connectivity index (χ2v) is 6.39. The first-order valence-corrected chi connectivity index (χ1v) is 8.76. The van der Waals surface area contributed by atoms with Gasteiger partial charge in [0.25, 0.3) is 0 Å². The maximum atomic E-state index is 12.0. The van der Waals surface area contributed by atoms with Gasteiger partial charge in [0, 0.05) is 37.1 Å². The first-order chi connectivity index (χ1) is 12.1. The number of para-hydroxylation sites is 2. The van der Waals surface area contributed by atoms with Crippen molar-refractivity contribution in [3.63, 3.8) is 0 Å². The Morgan fingerprint density at radius 2 is 1.04 bits per heavy atom. The summed E-state index contributed by atoms with van der Waals surface area (Å²) in [5, 5.41) is 0. The number of carbonyl (C=O) groups is 2. The van der Waals surface area contributed by atoms with Gasteiger partial charge in [0.1, 0.15) is 11.6 Å². The summed E-state index contributed by atoms with van der Waals surface area (Å²) in [5.74, 6) is 0.391. The maximum absolute atomic E-state index is 12.0. The van der Waals surface area contributed by atoms with Gasteiger partial charge in [-0.1, -0.05) is 42.8 Å². The van der Waals surface area contributed by atoms with Crippen molar-refractivity contribution in [2.75, 3.05) is 11.5 Å². The fraction of sp³-hybridized carbons (Fsp3) is 0.333. The normalized spacial score (nSPS) is 10.6. The molecule has 2 aromatic rings. The van der Waals surface area contributed by atoms with E-state index in [9.17, 15) is 9.59 Å². The number of anilines is 2. The number of ketones is 2. The summed E-state index contributed by atoms with van der Waals surface area (Å²) in [5.41, 5.74) is 14.8. The molecule has 25 heavy (non-hydrogen) atoms. The van der Waals surface area contributed by atoms with E-state index in [0.29, 0.717) is 37.1 Å². The van der Waals surface area contributed by atoms with Gasteiger partial charge in [-0.15, -0.1) is 0 Å². The molecule has 0 aliphatic rings. The van der Waals surface area contributed by atoms with Crippen LogP contribution in [0.1, 0.15) is 43.2 Å². The molecular weight excluding hydrogens is 312 g/mol. The van der Waals surface area contributed by atoms with Gasteiger partial charge in [-0.25, -0.2) is 0 Å². The predicted octanol–water partition coefficient (Wildman–Crippen LogP) is 3.72. The monoisotopic (exact) mass is 338 g/mol. The minimum Gasteiger partial charge on any atom is -0.398 e. The van der Waals surface area contributed by atoms with Crippen LogP contribution >= 0.6 is 0 Å². The number of unbranched alkanes of at least 4 members (excludes halogenated alkanes) is 2. The zero-order chi connectivity index (χ0) is 18.1. The van der Waals surface area contributed by atoms with Crippen LogP contribution in [0, 0.1) is 0 Å². The van der Waals surface area contributed by atoms with Crippen LogP contribution in [-0.2, 0) is 22.4 Å². The molecular formula is C21H26N2O2. The number of nitrogen functional groups attached to an aromatic ring is 2. The lowest BCUT2D eigenvalue weighted by molar-refractivity contribution is -0.118. The number of rotatable bonds is 10. The quantitative estimate of drug-likeness (QED) is 0.510. The topological polar surface area (TPSA) is 86.2 Å². The number of benzene rings is 2. The third-order valence-corrected chi connectivity index (χ3v) is 4.30. The Balaban J connectivity index is 1.61. The van der Waals surface area contributed by atoms with Gasteiger partial charge in [-0.05, 0) is 36.1 Å². The van der Waals surface area contributed by atoms with Crippen molar-refractivity contribution < 1.29 is 9.59 Å². The molecule has 4 nitrogen and oxygen atoms in total. The molecule has 0 heterocycles. The molecule has 0 amide bonds. The molecule has 4 heteroatoms. The highest BCUT2D eigenvalue weighted by atomic mass is 16.1. The summed E-state index contributed by atoms with van der Waals surface area (Å²) >= 11 is 0. The fourth-order valence-electron chi connectivity index (χ4n) is 2.81. The second-order valence-electron chi connectivity index (χ2n) is 6.39. The van der Waals surface area contributed by atoms with Crippen LogP contribution in [0.4, 0.5) is 11.4 Å². The first-order valence-electron chi connectivity index (χ1n) is 8.76. The summed E-state index contributed by atoms with van der Waals surface area (Å²) < 4.78 is 0. The van der Waals surface area contributed by atoms with Crippen molar-refractivity contribution in [2.24, 2.45) is 0 Å². The third kappa shape index (κ3) is 6.42. The molecule has 0 saturated heterocycles. The summed E-state index contributed by atoms with van der Waals surface area (Å²) in [4.78, 5) is 24.0. The van der Waals surface area contributed by atoms with Crippen LogP contribution in [0.25, 0.3) is 0 Å². The highest BCUT2D eigenvalue weighted by Crippen LogP contribution is 2.15. The molecule has 0 aromatic heterocycles. The van der Waals surface area contributed by atoms with Gasteiger partial charge in [0.05, 0.1) is 0 Å². The summed E-state index contributed by atoms with van der Waals surface area (Å²) in [7, 11) is 0. The minimum absolute atomic E-state index is 0.196. The molecule has 0 saturated carbocycles. The van der Waals surface area contributed by atoms with Gasteiger partial charge < -0.3 is 11.5 Å². The largest absolute Gasteiger partial charge is 0.398 e. The molecule has 2 rings (SSSR count). The molecule has 4 N–H and O–H groups in total. The minimum atomic E-state index is 0.196. The Labute approximate surface area is 149 Å². The standard InChI is InChI=1S/C21H26N2O2/c22-20-12-6-4-8-16(20)14-18(24)10-2-1-3-11-19(25)15-17-9-5-7-13-21(17)23/h4-9,12-13H,1-3,10-11,14-15,22-23H2. The average molecular weight is 338 g/mol. The smallest absolute Gasteiger partial charge is 0.137 e. The van der Waals surface area contributed by atoms with Gasteiger partial charge in [-0.3, -0.25) is 9.59 Å². The van der Waals surface area contributed by atoms with Crippen LogP contribution in [0.3, 0.4) is 0 Å². The highest BCUT2D eigenvalue weighted by Gasteiger charge is 2.08. The lowest BCUT2D eigenvalue weighted by Gasteiger charge is -2.06.